The zero-order chi connectivity index (χ0) is 13.9. The lowest BCUT2D eigenvalue weighted by Gasteiger charge is -2.10. The van der Waals surface area contributed by atoms with Crippen molar-refractivity contribution < 1.29 is 13.6 Å². The van der Waals surface area contributed by atoms with Crippen molar-refractivity contribution in [1.29, 1.82) is 0 Å². The van der Waals surface area contributed by atoms with Crippen LogP contribution in [-0.4, -0.2) is 24.2 Å². The molecule has 0 bridgehead atoms. The van der Waals surface area contributed by atoms with Crippen molar-refractivity contribution in [1.82, 2.24) is 0 Å². The molecule has 6 heteroatoms. The third-order valence-corrected chi connectivity index (χ3v) is 3.99. The molecule has 0 spiro atoms. The Morgan fingerprint density at radius 3 is 2.33 bits per heavy atom. The first-order valence-corrected chi connectivity index (χ1v) is 6.58. The number of rotatable bonds is 4. The second-order valence-corrected chi connectivity index (χ2v) is 5.59. The van der Waals surface area contributed by atoms with E-state index < -0.39 is 5.66 Å². The summed E-state index contributed by atoms with van der Waals surface area (Å²) in [6.07, 6.45) is 1.34. The average molecular weight is 289 g/mol. The molecule has 0 aliphatic rings. The molecule has 0 radical (unpaired) electrons. The van der Waals surface area contributed by atoms with E-state index in [4.69, 9.17) is 0 Å². The van der Waals surface area contributed by atoms with Crippen LogP contribution in [0, 0.1) is 0 Å². The van der Waals surface area contributed by atoms with Crippen molar-refractivity contribution in [2.45, 2.75) is 19.5 Å². The molecule has 18 heavy (non-hydrogen) atoms. The van der Waals surface area contributed by atoms with Crippen LogP contribution < -0.4 is 0 Å². The third kappa shape index (κ3) is 3.79. The molecule has 0 fully saturated rings. The van der Waals surface area contributed by atoms with E-state index in [0.29, 0.717) is 15.5 Å². The van der Waals surface area contributed by atoms with Crippen molar-refractivity contribution in [2.75, 3.05) is 7.05 Å². The Labute approximate surface area is 111 Å². The molecule has 1 aromatic heterocycles. The minimum atomic E-state index is -2.95. The van der Waals surface area contributed by atoms with Gasteiger partial charge in [-0.3, -0.25) is 9.79 Å². The highest BCUT2D eigenvalue weighted by Crippen LogP contribution is 2.31. The SMILES string of the molecule is CN=C(/C=C(\C)C(F)(F)P)c1ccc(C(C)=O)s1. The lowest BCUT2D eigenvalue weighted by Crippen LogP contribution is -2.08. The Hall–Kier alpha value is -0.930. The van der Waals surface area contributed by atoms with E-state index in [2.05, 4.69) is 4.99 Å². The molecule has 1 unspecified atom stereocenters. The van der Waals surface area contributed by atoms with Crippen molar-refractivity contribution in [2.24, 2.45) is 4.99 Å². The van der Waals surface area contributed by atoms with E-state index in [9.17, 15) is 13.6 Å². The highest BCUT2D eigenvalue weighted by Gasteiger charge is 2.24. The number of Topliss-reactive ketones (excluding diaryl/α,β-unsaturated/α-hetero) is 1. The van der Waals surface area contributed by atoms with Crippen LogP contribution in [0.25, 0.3) is 0 Å². The van der Waals surface area contributed by atoms with Crippen molar-refractivity contribution >= 4 is 32.1 Å². The number of hydrogen-bond acceptors (Lipinski definition) is 3. The first-order valence-electron chi connectivity index (χ1n) is 5.19. The number of carbonyl (C=O) groups is 1. The summed E-state index contributed by atoms with van der Waals surface area (Å²) in [6.45, 7) is 2.81. The number of halogens is 2. The molecule has 2 nitrogen and oxygen atoms in total. The predicted octanol–water partition coefficient (Wildman–Crippen LogP) is 3.78. The fourth-order valence-corrected chi connectivity index (χ4v) is 2.20. The van der Waals surface area contributed by atoms with Gasteiger partial charge in [0.05, 0.1) is 15.5 Å². The number of ketones is 1. The molecule has 0 amide bonds. The van der Waals surface area contributed by atoms with Gasteiger partial charge >= 0.3 is 0 Å². The quantitative estimate of drug-likeness (QED) is 0.471. The number of aliphatic imine (C=N–C) groups is 1. The van der Waals surface area contributed by atoms with Gasteiger partial charge in [-0.25, -0.2) is 0 Å². The largest absolute Gasteiger partial charge is 0.294 e. The van der Waals surface area contributed by atoms with E-state index >= 15 is 0 Å². The third-order valence-electron chi connectivity index (χ3n) is 2.33. The van der Waals surface area contributed by atoms with E-state index in [1.54, 1.807) is 12.1 Å². The van der Waals surface area contributed by atoms with E-state index in [1.807, 2.05) is 0 Å². The molecule has 1 aromatic rings. The molecule has 0 aliphatic carbocycles. The van der Waals surface area contributed by atoms with Crippen LogP contribution in [0.1, 0.15) is 28.4 Å². The molecule has 98 valence electrons. The van der Waals surface area contributed by atoms with Gasteiger partial charge in [-0.2, -0.15) is 8.78 Å². The Kier molecular flexibility index (Phi) is 4.88. The van der Waals surface area contributed by atoms with Gasteiger partial charge < -0.3 is 0 Å². The Morgan fingerprint density at radius 2 is 1.94 bits per heavy atom. The molecule has 0 aromatic carbocycles. The maximum absolute atomic E-state index is 13.1. The Balaban J connectivity index is 3.09. The molecule has 1 rings (SSSR count). The summed E-state index contributed by atoms with van der Waals surface area (Å²) < 4.78 is 26.1. The lowest BCUT2D eigenvalue weighted by molar-refractivity contribution is 0.102. The average Bonchev–Trinajstić information content (AvgIpc) is 2.73. The number of nitrogens with zero attached hydrogens (tertiary/aromatic N) is 1. The fraction of sp³-hybridized carbons (Fsp3) is 0.333. The number of allylic oxidation sites excluding steroid dienone is 2. The minimum Gasteiger partial charge on any atom is -0.294 e. The molecule has 0 N–H and O–H groups in total. The maximum Gasteiger partial charge on any atom is 0.280 e. The summed E-state index contributed by atoms with van der Waals surface area (Å²) in [6, 6.07) is 3.39. The van der Waals surface area contributed by atoms with Gasteiger partial charge in [0.1, 0.15) is 0 Å². The summed E-state index contributed by atoms with van der Waals surface area (Å²) in [7, 11) is 3.03. The van der Waals surface area contributed by atoms with Crippen LogP contribution in [0.5, 0.6) is 0 Å². The van der Waals surface area contributed by atoms with Gasteiger partial charge in [-0.15, -0.1) is 11.3 Å². The number of carbonyl (C=O) groups excluding carboxylic acids is 1. The predicted molar refractivity (Wildman–Crippen MR) is 75.2 cm³/mol. The maximum atomic E-state index is 13.1. The summed E-state index contributed by atoms with van der Waals surface area (Å²) in [5, 5.41) is 0. The van der Waals surface area contributed by atoms with E-state index in [0.717, 1.165) is 0 Å². The van der Waals surface area contributed by atoms with E-state index in [-0.39, 0.29) is 11.4 Å². The zero-order valence-electron chi connectivity index (χ0n) is 10.3. The molecule has 0 aliphatic heterocycles. The van der Waals surface area contributed by atoms with Gasteiger partial charge in [0.2, 0.25) is 0 Å². The zero-order valence-corrected chi connectivity index (χ0v) is 12.3. The minimum absolute atomic E-state index is 0.0428. The summed E-state index contributed by atoms with van der Waals surface area (Å²) in [5.41, 5.74) is -2.59. The van der Waals surface area contributed by atoms with Gasteiger partial charge in [0.25, 0.3) is 5.66 Å². The van der Waals surface area contributed by atoms with Crippen LogP contribution in [0.15, 0.2) is 28.8 Å². The number of alkyl halides is 2. The van der Waals surface area contributed by atoms with Gasteiger partial charge in [-0.1, -0.05) is 9.24 Å². The standard InChI is InChI=1S/C12H14F2NOPS/c1-7(12(13,14)17)6-9(15-3)11-5-4-10(18-11)8(2)16/h4-6H,17H2,1-3H3/b7-6+,15-9?. The lowest BCUT2D eigenvalue weighted by atomic mass is 10.2. The number of hydrogen-bond donors (Lipinski definition) is 0. The summed E-state index contributed by atoms with van der Waals surface area (Å²) in [4.78, 5) is 16.5. The molecule has 0 saturated carbocycles. The highest BCUT2D eigenvalue weighted by molar-refractivity contribution is 7.18. The first-order chi connectivity index (χ1) is 8.25. The second-order valence-electron chi connectivity index (χ2n) is 3.78. The molecule has 1 heterocycles. The summed E-state index contributed by atoms with van der Waals surface area (Å²) >= 11 is 1.25. The molecular formula is C12H14F2NOPS. The van der Waals surface area contributed by atoms with E-state index in [1.165, 1.54) is 47.5 Å². The first kappa shape index (κ1) is 15.1. The van der Waals surface area contributed by atoms with Gasteiger partial charge in [0.15, 0.2) is 5.78 Å². The van der Waals surface area contributed by atoms with Crippen molar-refractivity contribution in [3.05, 3.63) is 33.5 Å². The summed E-state index contributed by atoms with van der Waals surface area (Å²) in [5.74, 6) is -0.0428. The number of thiophene rings is 1. The van der Waals surface area contributed by atoms with Crippen LogP contribution in [0.4, 0.5) is 8.78 Å². The van der Waals surface area contributed by atoms with Gasteiger partial charge in [0, 0.05) is 12.6 Å². The monoisotopic (exact) mass is 289 g/mol. The van der Waals surface area contributed by atoms with Crippen LogP contribution in [0.3, 0.4) is 0 Å². The van der Waals surface area contributed by atoms with Gasteiger partial charge in [-0.05, 0) is 32.1 Å². The van der Waals surface area contributed by atoms with Crippen LogP contribution in [-0.2, 0) is 0 Å². The molecule has 1 atom stereocenters. The van der Waals surface area contributed by atoms with Crippen molar-refractivity contribution in [3.63, 3.8) is 0 Å². The van der Waals surface area contributed by atoms with Crippen LogP contribution >= 0.6 is 20.6 Å². The molecular weight excluding hydrogens is 275 g/mol. The second kappa shape index (κ2) is 5.81. The Bertz CT molecular complexity index is 514. The fourth-order valence-electron chi connectivity index (χ4n) is 1.21. The molecule has 0 saturated heterocycles. The van der Waals surface area contributed by atoms with Crippen molar-refractivity contribution in [3.8, 4) is 0 Å². The topological polar surface area (TPSA) is 29.4 Å². The van der Waals surface area contributed by atoms with Crippen LogP contribution in [0.2, 0.25) is 0 Å². The normalized spacial score (nSPS) is 13.9. The Morgan fingerprint density at radius 1 is 1.39 bits per heavy atom. The highest BCUT2D eigenvalue weighted by atomic mass is 32.1. The smallest absolute Gasteiger partial charge is 0.280 e.